The zero-order valence-corrected chi connectivity index (χ0v) is 25.2. The number of nitrogens with zero attached hydrogens (tertiary/aromatic N) is 4. The summed E-state index contributed by atoms with van der Waals surface area (Å²) in [7, 11) is 0. The van der Waals surface area contributed by atoms with Crippen LogP contribution in [0.5, 0.6) is 11.8 Å². The van der Waals surface area contributed by atoms with Crippen molar-refractivity contribution in [1.82, 2.24) is 9.13 Å². The van der Waals surface area contributed by atoms with Gasteiger partial charge in [0.05, 0.1) is 34.2 Å². The molecule has 2 aliphatic heterocycles. The Kier molecular flexibility index (Phi) is 6.91. The van der Waals surface area contributed by atoms with Gasteiger partial charge in [-0.3, -0.25) is 19.1 Å². The van der Waals surface area contributed by atoms with E-state index < -0.39 is 0 Å². The zero-order chi connectivity index (χ0) is 28.8. The Bertz CT molecular complexity index is 1960. The van der Waals surface area contributed by atoms with Crippen LogP contribution in [0, 0.1) is 7.91 Å². The van der Waals surface area contributed by atoms with Crippen molar-refractivity contribution in [3.8, 4) is 11.8 Å². The third kappa shape index (κ3) is 4.92. The Labute approximate surface area is 259 Å². The van der Waals surface area contributed by atoms with Crippen molar-refractivity contribution >= 4 is 94.2 Å². The molecule has 2 N–H and O–H groups in total. The van der Waals surface area contributed by atoms with Crippen LogP contribution in [-0.2, 0) is 13.1 Å². The van der Waals surface area contributed by atoms with Crippen LogP contribution in [0.4, 0.5) is 11.4 Å². The van der Waals surface area contributed by atoms with Gasteiger partial charge in [-0.2, -0.15) is 0 Å². The number of rotatable bonds is 6. The first-order valence-corrected chi connectivity index (χ1v) is 15.5. The lowest BCUT2D eigenvalue weighted by Crippen LogP contribution is -2.01. The van der Waals surface area contributed by atoms with E-state index in [1.54, 1.807) is 9.13 Å². The van der Waals surface area contributed by atoms with Crippen molar-refractivity contribution in [2.24, 2.45) is 9.98 Å². The molecule has 0 saturated heterocycles. The minimum atomic E-state index is 0.144. The van der Waals surface area contributed by atoms with Crippen LogP contribution in [0.15, 0.2) is 82.8 Å². The van der Waals surface area contributed by atoms with Gasteiger partial charge in [0.15, 0.2) is 7.91 Å². The van der Waals surface area contributed by atoms with E-state index in [1.165, 1.54) is 22.7 Å². The van der Waals surface area contributed by atoms with Crippen molar-refractivity contribution < 1.29 is 10.2 Å². The van der Waals surface area contributed by atoms with E-state index in [0.717, 1.165) is 44.8 Å². The summed E-state index contributed by atoms with van der Waals surface area (Å²) in [5.74, 6) is 0.288. The number of para-hydroxylation sites is 2. The molecule has 0 saturated carbocycles. The Morgan fingerprint density at radius 3 is 1.45 bits per heavy atom. The highest BCUT2D eigenvalue weighted by Crippen LogP contribution is 2.37. The Morgan fingerprint density at radius 2 is 1.02 bits per heavy atom. The molecule has 10 heteroatoms. The summed E-state index contributed by atoms with van der Waals surface area (Å²) in [5.41, 5.74) is 7.81. The SMILES string of the molecule is Oc1c(/C=C2\C=Nc3ccccc32)sc(=S)n1Cc1ccc(Cn2c(O)c(/C=C3\C=Nc4ccccc43)sc2=S)cc1. The molecule has 4 heterocycles. The normalized spacial score (nSPS) is 15.1. The number of benzene rings is 3. The van der Waals surface area contributed by atoms with Crippen LogP contribution in [0.25, 0.3) is 23.3 Å². The fourth-order valence-electron chi connectivity index (χ4n) is 5.00. The topological polar surface area (TPSA) is 75.0 Å². The summed E-state index contributed by atoms with van der Waals surface area (Å²) < 4.78 is 4.67. The lowest BCUT2D eigenvalue weighted by molar-refractivity contribution is 0.421. The standard InChI is InChI=1S/C32H22N4O2S4/c37-29-27(13-21-15-33-25-7-3-1-5-23(21)25)41-31(39)35(29)17-19-9-11-20(12-10-19)18-36-30(38)28(42-32(36)40)14-22-16-34-26-8-4-2-6-24(22)26/h1-16,37-38H,17-18H2/b21-13+,22-14+. The first-order valence-electron chi connectivity index (χ1n) is 13.1. The van der Waals surface area contributed by atoms with E-state index in [4.69, 9.17) is 24.4 Å². The van der Waals surface area contributed by atoms with Crippen molar-refractivity contribution in [1.29, 1.82) is 0 Å². The fraction of sp³-hybridized carbons (Fsp3) is 0.0625. The van der Waals surface area contributed by atoms with Gasteiger partial charge in [0.25, 0.3) is 0 Å². The molecule has 6 nitrogen and oxygen atoms in total. The van der Waals surface area contributed by atoms with E-state index in [9.17, 15) is 10.2 Å². The van der Waals surface area contributed by atoms with Gasteiger partial charge in [-0.1, -0.05) is 60.7 Å². The summed E-state index contributed by atoms with van der Waals surface area (Å²) >= 11 is 13.9. The number of allylic oxidation sites excluding steroid dienone is 2. The van der Waals surface area contributed by atoms with E-state index in [1.807, 2.05) is 97.4 Å². The summed E-state index contributed by atoms with van der Waals surface area (Å²) in [4.78, 5) is 10.3. The molecule has 2 aromatic heterocycles. The minimum Gasteiger partial charge on any atom is -0.493 e. The molecular formula is C32H22N4O2S4. The highest BCUT2D eigenvalue weighted by molar-refractivity contribution is 7.73. The third-order valence-electron chi connectivity index (χ3n) is 7.18. The largest absolute Gasteiger partial charge is 0.493 e. The van der Waals surface area contributed by atoms with E-state index in [-0.39, 0.29) is 11.8 Å². The first kappa shape index (κ1) is 26.7. The second-order valence-corrected chi connectivity index (χ2v) is 13.2. The first-order chi connectivity index (χ1) is 20.4. The summed E-state index contributed by atoms with van der Waals surface area (Å²) in [5, 5.41) is 22.0. The van der Waals surface area contributed by atoms with Crippen molar-refractivity contribution in [3.63, 3.8) is 0 Å². The number of aromatic hydroxyl groups is 2. The molecule has 206 valence electrons. The molecule has 3 aromatic carbocycles. The molecule has 0 unspecified atom stereocenters. The van der Waals surface area contributed by atoms with Crippen LogP contribution < -0.4 is 0 Å². The average molecular weight is 623 g/mol. The van der Waals surface area contributed by atoms with Gasteiger partial charge < -0.3 is 10.2 Å². The second-order valence-electron chi connectivity index (χ2n) is 9.85. The number of aromatic nitrogens is 2. The predicted molar refractivity (Wildman–Crippen MR) is 179 cm³/mol. The van der Waals surface area contributed by atoms with Crippen LogP contribution in [0.1, 0.15) is 32.0 Å². The maximum atomic E-state index is 11.0. The van der Waals surface area contributed by atoms with Gasteiger partial charge in [0, 0.05) is 34.7 Å². The third-order valence-corrected chi connectivity index (χ3v) is 9.95. The number of thiazole rings is 2. The van der Waals surface area contributed by atoms with Gasteiger partial charge in [-0.15, -0.1) is 22.7 Å². The van der Waals surface area contributed by atoms with E-state index in [0.29, 0.717) is 30.8 Å². The van der Waals surface area contributed by atoms with Crippen molar-refractivity contribution in [2.45, 2.75) is 13.1 Å². The summed E-state index contributed by atoms with van der Waals surface area (Å²) in [6, 6.07) is 23.9. The molecule has 7 rings (SSSR count). The molecule has 5 aromatic rings. The smallest absolute Gasteiger partial charge is 0.210 e. The molecule has 0 radical (unpaired) electrons. The lowest BCUT2D eigenvalue weighted by atomic mass is 10.1. The summed E-state index contributed by atoms with van der Waals surface area (Å²) in [6.07, 6.45) is 7.50. The van der Waals surface area contributed by atoms with E-state index >= 15 is 0 Å². The number of aliphatic imine (C=N–C) groups is 2. The van der Waals surface area contributed by atoms with Crippen LogP contribution in [0.2, 0.25) is 0 Å². The fourth-order valence-corrected chi connectivity index (χ4v) is 7.52. The quantitative estimate of drug-likeness (QED) is 0.186. The molecule has 42 heavy (non-hydrogen) atoms. The molecule has 0 fully saturated rings. The average Bonchev–Trinajstić information content (AvgIpc) is 3.74. The number of fused-ring (bicyclic) bond motifs is 2. The zero-order valence-electron chi connectivity index (χ0n) is 22.0. The molecule has 0 atom stereocenters. The van der Waals surface area contributed by atoms with Gasteiger partial charge in [0.1, 0.15) is 0 Å². The van der Waals surface area contributed by atoms with Crippen LogP contribution in [0.3, 0.4) is 0 Å². The van der Waals surface area contributed by atoms with Crippen LogP contribution >= 0.6 is 47.1 Å². The number of hydrogen-bond acceptors (Lipinski definition) is 8. The predicted octanol–water partition coefficient (Wildman–Crippen LogP) is 8.89. The Morgan fingerprint density at radius 1 is 0.619 bits per heavy atom. The molecular weight excluding hydrogens is 601 g/mol. The Balaban J connectivity index is 1.09. The van der Waals surface area contributed by atoms with Gasteiger partial charge in [0.2, 0.25) is 11.8 Å². The van der Waals surface area contributed by atoms with Crippen LogP contribution in [-0.4, -0.2) is 31.8 Å². The number of hydrogen-bond donors (Lipinski definition) is 2. The van der Waals surface area contributed by atoms with Gasteiger partial charge in [-0.25, -0.2) is 0 Å². The highest BCUT2D eigenvalue weighted by Gasteiger charge is 2.17. The maximum Gasteiger partial charge on any atom is 0.210 e. The van der Waals surface area contributed by atoms with Gasteiger partial charge in [-0.05, 0) is 59.8 Å². The van der Waals surface area contributed by atoms with Gasteiger partial charge >= 0.3 is 0 Å². The Hall–Kier alpha value is -4.22. The van der Waals surface area contributed by atoms with Crippen molar-refractivity contribution in [3.05, 3.63) is 113 Å². The molecule has 0 amide bonds. The second kappa shape index (κ2) is 10.9. The molecule has 0 bridgehead atoms. The lowest BCUT2D eigenvalue weighted by Gasteiger charge is -2.08. The van der Waals surface area contributed by atoms with Crippen molar-refractivity contribution in [2.75, 3.05) is 0 Å². The molecule has 0 aliphatic carbocycles. The molecule has 2 aliphatic rings. The summed E-state index contributed by atoms with van der Waals surface area (Å²) in [6.45, 7) is 0.887. The highest BCUT2D eigenvalue weighted by atomic mass is 32.2. The monoisotopic (exact) mass is 622 g/mol. The minimum absolute atomic E-state index is 0.144. The maximum absolute atomic E-state index is 11.0. The molecule has 0 spiro atoms. The van der Waals surface area contributed by atoms with E-state index in [2.05, 4.69) is 9.98 Å².